The van der Waals surface area contributed by atoms with Gasteiger partial charge in [-0.1, -0.05) is 103 Å². The molecule has 132 heavy (non-hydrogen) atoms. The molecule has 6 aliphatic heterocycles. The summed E-state index contributed by atoms with van der Waals surface area (Å²) in [6.45, 7) is 25.1. The number of rotatable bonds is 49. The van der Waals surface area contributed by atoms with Gasteiger partial charge in [-0.25, -0.2) is 20.0 Å². The second kappa shape index (κ2) is 48.0. The van der Waals surface area contributed by atoms with Crippen molar-refractivity contribution in [3.8, 4) is 11.5 Å². The SMILES string of the molecule is CCN(CC)c1ccc2c(c1)Oc1cc(N(CC)CC)ccc1C21c2ccccc2C(=O)N1CCN(CCC(=O)NCCN(CCC(=O)NCCN=C1CC(C)=NN1c1ccccc1)CCC(=O)NCCN=C1CC(C)=NN1c1ccccc1)CCC(=O)NCCN(CCC(=O)NCCN=C1CC(C)=NN1c1ccccc1)CCC(=O)NCCN=C1CC(C)=NN1c1ccccc1. The van der Waals surface area contributed by atoms with Gasteiger partial charge in [0.15, 0.2) is 0 Å². The molecule has 0 radical (unpaired) electrons. The average molecular weight is 1790 g/mol. The van der Waals surface area contributed by atoms with Gasteiger partial charge in [-0.15, -0.1) is 0 Å². The summed E-state index contributed by atoms with van der Waals surface area (Å²) < 4.78 is 7.06. The smallest absolute Gasteiger partial charge is 0.255 e. The summed E-state index contributed by atoms with van der Waals surface area (Å²) in [5.74, 6) is 3.04. The van der Waals surface area contributed by atoms with Gasteiger partial charge in [0.2, 0.25) is 35.4 Å². The van der Waals surface area contributed by atoms with Gasteiger partial charge >= 0.3 is 0 Å². The minimum atomic E-state index is -1.16. The predicted octanol–water partition coefficient (Wildman–Crippen LogP) is 10.9. The van der Waals surface area contributed by atoms with E-state index in [0.29, 0.717) is 134 Å². The number of hydrogen-bond acceptors (Lipinski definition) is 21. The molecule has 1 spiro atoms. The predicted molar refractivity (Wildman–Crippen MR) is 528 cm³/mol. The fraction of sp³-hybridized carbons (Fsp3) is 0.430. The Bertz CT molecular complexity index is 4890. The zero-order valence-corrected chi connectivity index (χ0v) is 77.7. The molecule has 0 saturated heterocycles. The minimum absolute atomic E-state index is 0.0210. The molecule has 0 saturated carbocycles. The first-order chi connectivity index (χ1) is 64.3. The van der Waals surface area contributed by atoms with Crippen molar-refractivity contribution in [2.45, 2.75) is 125 Å². The van der Waals surface area contributed by atoms with Crippen LogP contribution in [0.15, 0.2) is 222 Å². The topological polar surface area (TPSA) is 332 Å². The number of anilines is 6. The van der Waals surface area contributed by atoms with Gasteiger partial charge in [-0.2, -0.15) is 20.4 Å². The number of para-hydroxylation sites is 4. The number of fused-ring (bicyclic) bond motifs is 6. The Kier molecular flexibility index (Phi) is 35.0. The van der Waals surface area contributed by atoms with E-state index in [4.69, 9.17) is 45.1 Å². The molecule has 32 nitrogen and oxygen atoms in total. The van der Waals surface area contributed by atoms with Crippen LogP contribution < -0.4 is 66.5 Å². The Balaban J connectivity index is 0.690. The molecule has 7 aromatic carbocycles. The van der Waals surface area contributed by atoms with Gasteiger partial charge in [0.25, 0.3) is 5.91 Å². The van der Waals surface area contributed by atoms with Crippen LogP contribution in [0.25, 0.3) is 0 Å². The molecule has 32 heteroatoms. The molecule has 0 bridgehead atoms. The lowest BCUT2D eigenvalue weighted by atomic mass is 9.74. The maximum Gasteiger partial charge on any atom is 0.255 e. The first kappa shape index (κ1) is 96.2. The molecule has 7 amide bonds. The van der Waals surface area contributed by atoms with Crippen LogP contribution in [0, 0.1) is 0 Å². The molecular weight excluding hydrogens is 1670 g/mol. The van der Waals surface area contributed by atoms with Crippen molar-refractivity contribution in [3.05, 3.63) is 204 Å². The van der Waals surface area contributed by atoms with Crippen molar-refractivity contribution in [2.75, 3.05) is 187 Å². The maximum absolute atomic E-state index is 15.7. The number of amidine groups is 4. The van der Waals surface area contributed by atoms with E-state index in [9.17, 15) is 28.8 Å². The highest BCUT2D eigenvalue weighted by Gasteiger charge is 2.56. The van der Waals surface area contributed by atoms with Crippen LogP contribution in [-0.4, -0.2) is 264 Å². The number of amides is 7. The number of hydrogen-bond donors (Lipinski definition) is 6. The zero-order chi connectivity index (χ0) is 92.7. The Hall–Kier alpha value is -13.3. The number of carbonyl (C=O) groups excluding carboxylic acids is 7. The second-order valence-corrected chi connectivity index (χ2v) is 33.5. The van der Waals surface area contributed by atoms with Crippen LogP contribution in [0.1, 0.15) is 147 Å². The van der Waals surface area contributed by atoms with Crippen molar-refractivity contribution >= 4 is 122 Å². The van der Waals surface area contributed by atoms with Crippen LogP contribution in [0.5, 0.6) is 11.5 Å². The second-order valence-electron chi connectivity index (χ2n) is 33.5. The molecule has 0 aromatic heterocycles. The number of hydrazone groups is 4. The van der Waals surface area contributed by atoms with Crippen LogP contribution in [0.3, 0.4) is 0 Å². The van der Waals surface area contributed by atoms with Crippen LogP contribution >= 0.6 is 0 Å². The van der Waals surface area contributed by atoms with E-state index in [1.165, 1.54) is 0 Å². The highest BCUT2D eigenvalue weighted by Crippen LogP contribution is 2.58. The van der Waals surface area contributed by atoms with E-state index in [-0.39, 0.29) is 119 Å². The van der Waals surface area contributed by atoms with Crippen molar-refractivity contribution in [3.63, 3.8) is 0 Å². The minimum Gasteiger partial charge on any atom is -0.456 e. The molecule has 6 heterocycles. The number of nitrogens with zero attached hydrogens (tertiary/aromatic N) is 18. The van der Waals surface area contributed by atoms with E-state index in [2.05, 4.69) is 111 Å². The Morgan fingerprint density at radius 1 is 0.348 bits per heavy atom. The number of nitrogens with one attached hydrogen (secondary N) is 6. The van der Waals surface area contributed by atoms with Crippen LogP contribution in [0.4, 0.5) is 34.1 Å². The molecule has 7 aromatic rings. The lowest BCUT2D eigenvalue weighted by Gasteiger charge is -2.45. The molecule has 13 rings (SSSR count). The van der Waals surface area contributed by atoms with Crippen molar-refractivity contribution in [2.24, 2.45) is 40.4 Å². The van der Waals surface area contributed by atoms with Crippen molar-refractivity contribution < 1.29 is 38.3 Å². The molecule has 0 fully saturated rings. The van der Waals surface area contributed by atoms with Crippen LogP contribution in [-0.2, 0) is 34.3 Å². The van der Waals surface area contributed by atoms with Crippen molar-refractivity contribution in [1.29, 1.82) is 0 Å². The van der Waals surface area contributed by atoms with Gasteiger partial charge in [-0.3, -0.25) is 53.5 Å². The summed E-state index contributed by atoms with van der Waals surface area (Å²) >= 11 is 0. The Morgan fingerprint density at radius 2 is 0.629 bits per heavy atom. The number of aliphatic imine (C=N–C) groups is 4. The van der Waals surface area contributed by atoms with E-state index in [1.807, 2.05) is 208 Å². The van der Waals surface area contributed by atoms with Gasteiger partial charge < -0.3 is 66.0 Å². The van der Waals surface area contributed by atoms with E-state index >= 15 is 4.79 Å². The third-order valence-electron chi connectivity index (χ3n) is 24.1. The fourth-order valence-electron chi connectivity index (χ4n) is 17.3. The normalized spacial score (nSPS) is 16.0. The molecule has 0 aliphatic carbocycles. The molecule has 6 aliphatic rings. The third-order valence-corrected chi connectivity index (χ3v) is 24.1. The number of ether oxygens (including phenoxy) is 1. The highest BCUT2D eigenvalue weighted by atomic mass is 16.5. The van der Waals surface area contributed by atoms with Gasteiger partial charge in [0.1, 0.15) is 40.4 Å². The molecular formula is C100H128N24O8. The summed E-state index contributed by atoms with van der Waals surface area (Å²) in [6.07, 6.45) is 2.94. The fourth-order valence-corrected chi connectivity index (χ4v) is 17.3. The molecule has 696 valence electrons. The monoisotopic (exact) mass is 1790 g/mol. The highest BCUT2D eigenvalue weighted by molar-refractivity contribution is 6.17. The lowest BCUT2D eigenvalue weighted by Crippen LogP contribution is -2.50. The summed E-state index contributed by atoms with van der Waals surface area (Å²) in [7, 11) is 0. The maximum atomic E-state index is 15.7. The van der Waals surface area contributed by atoms with Gasteiger partial charge in [0.05, 0.1) is 48.9 Å². The summed E-state index contributed by atoms with van der Waals surface area (Å²) in [5.41, 5.74) is 11.2. The van der Waals surface area contributed by atoms with Gasteiger partial charge in [-0.05, 0) is 128 Å². The standard InChI is InChI=1S/C100H128N24O8/c1-9-118(10-2)81-37-39-85-87(71-81)132-88-72-82(119(11-3)12-4)38-40-86(88)100(85)84-36-26-25-35-83(84)99(131)120(100)66-65-117(61-45-97(129)109-55-63-115(57-41-93(125)105-51-47-101-89-67-73(5)111-121(89)77-27-17-13-18-28-77)58-42-94(126)106-52-48-102-90-68-74(6)112-122(90)78-29-19-14-20-30-78)62-46-98(130)110-56-64-116(59-43-95(127)107-53-49-103-91-69-75(7)113-123(91)79-31-21-15-22-32-79)60-44-96(128)108-54-50-104-92-70-76(8)114-124(92)80-33-23-16-24-34-80/h13-40,71-72H,9-12,41-70H2,1-8H3,(H,105,125)(H,106,126)(H,107,127)(H,108,128)(H,109,129)(H,110,130). The summed E-state index contributed by atoms with van der Waals surface area (Å²) in [5, 5.41) is 44.5. The van der Waals surface area contributed by atoms with E-state index < -0.39 is 5.54 Å². The van der Waals surface area contributed by atoms with Crippen molar-refractivity contribution in [1.82, 2.24) is 51.5 Å². The zero-order valence-electron chi connectivity index (χ0n) is 77.7. The summed E-state index contributed by atoms with van der Waals surface area (Å²) in [6, 6.07) is 59.7. The molecule has 6 N–H and O–H groups in total. The average Bonchev–Trinajstić information content (AvgIpc) is 1.50. The number of carbonyl (C=O) groups is 7. The molecule has 0 atom stereocenters. The summed E-state index contributed by atoms with van der Waals surface area (Å²) in [4.78, 5) is 131. The van der Waals surface area contributed by atoms with Crippen LogP contribution in [0.2, 0.25) is 0 Å². The molecule has 0 unspecified atom stereocenters. The largest absolute Gasteiger partial charge is 0.456 e. The first-order valence-corrected chi connectivity index (χ1v) is 46.6. The van der Waals surface area contributed by atoms with E-state index in [0.717, 1.165) is 123 Å². The number of benzene rings is 7. The van der Waals surface area contributed by atoms with Gasteiger partial charge in [0, 0.05) is 258 Å². The van der Waals surface area contributed by atoms with E-state index in [1.54, 1.807) is 0 Å². The quantitative estimate of drug-likeness (QED) is 0.0193. The first-order valence-electron chi connectivity index (χ1n) is 46.6. The lowest BCUT2D eigenvalue weighted by molar-refractivity contribution is -0.123. The Morgan fingerprint density at radius 3 is 0.932 bits per heavy atom. The third kappa shape index (κ3) is 25.7. The Labute approximate surface area is 775 Å².